The van der Waals surface area contributed by atoms with Crippen molar-refractivity contribution in [2.75, 3.05) is 13.6 Å². The molecule has 1 heterocycles. The van der Waals surface area contributed by atoms with Crippen molar-refractivity contribution in [3.8, 4) is 0 Å². The Morgan fingerprint density at radius 3 is 2.78 bits per heavy atom. The van der Waals surface area contributed by atoms with E-state index in [1.807, 2.05) is 0 Å². The Labute approximate surface area is 104 Å². The van der Waals surface area contributed by atoms with Gasteiger partial charge in [-0.3, -0.25) is 4.79 Å². The third-order valence-corrected chi connectivity index (χ3v) is 3.42. The maximum Gasteiger partial charge on any atom is 0.273 e. The lowest BCUT2D eigenvalue weighted by Crippen LogP contribution is -2.37. The molecule has 102 valence electrons. The molecular formula is C9H15N3O5S. The molecule has 1 rings (SSSR count). The molecule has 0 radical (unpaired) electrons. The van der Waals surface area contributed by atoms with E-state index < -0.39 is 22.0 Å². The highest BCUT2D eigenvalue weighted by Gasteiger charge is 2.16. The Hall–Kier alpha value is -1.42. The molecule has 0 saturated carbocycles. The van der Waals surface area contributed by atoms with E-state index in [4.69, 9.17) is 15.3 Å². The molecule has 5 N–H and O–H groups in total. The maximum atomic E-state index is 11.4. The van der Waals surface area contributed by atoms with Crippen LogP contribution in [0, 0.1) is 0 Å². The van der Waals surface area contributed by atoms with Crippen molar-refractivity contribution in [1.29, 1.82) is 0 Å². The van der Waals surface area contributed by atoms with Crippen LogP contribution in [-0.2, 0) is 21.4 Å². The largest absolute Gasteiger partial charge is 0.447 e. The topological polar surface area (TPSA) is 135 Å². The molecule has 9 heteroatoms. The van der Waals surface area contributed by atoms with Gasteiger partial charge in [0.2, 0.25) is 11.0 Å². The van der Waals surface area contributed by atoms with E-state index in [2.05, 4.69) is 10.0 Å². The van der Waals surface area contributed by atoms with Gasteiger partial charge >= 0.3 is 0 Å². The molecule has 18 heavy (non-hydrogen) atoms. The average Bonchev–Trinajstić information content (AvgIpc) is 2.78. The zero-order valence-electron chi connectivity index (χ0n) is 9.71. The minimum atomic E-state index is -3.60. The van der Waals surface area contributed by atoms with Crippen LogP contribution in [0.3, 0.4) is 0 Å². The van der Waals surface area contributed by atoms with Crippen molar-refractivity contribution in [1.82, 2.24) is 10.0 Å². The van der Waals surface area contributed by atoms with Crippen molar-refractivity contribution in [3.05, 3.63) is 17.9 Å². The Morgan fingerprint density at radius 1 is 1.56 bits per heavy atom. The molecular weight excluding hydrogens is 262 g/mol. The number of sulfonamides is 1. The third-order valence-electron chi connectivity index (χ3n) is 2.14. The number of hydrogen-bond acceptors (Lipinski definition) is 6. The first kappa shape index (κ1) is 14.6. The zero-order valence-corrected chi connectivity index (χ0v) is 10.5. The Balaban J connectivity index is 2.53. The van der Waals surface area contributed by atoms with Gasteiger partial charge in [0.1, 0.15) is 11.9 Å². The number of carbonyl (C=O) groups is 1. The van der Waals surface area contributed by atoms with E-state index in [0.717, 1.165) is 0 Å². The number of carbonyl (C=O) groups excluding carboxylic acids is 1. The molecule has 0 fully saturated rings. The first-order chi connectivity index (χ1) is 8.36. The van der Waals surface area contributed by atoms with Gasteiger partial charge in [-0.05, 0) is 19.2 Å². The summed E-state index contributed by atoms with van der Waals surface area (Å²) in [6, 6.07) is 2.79. The second-order valence-corrected chi connectivity index (χ2v) is 5.29. The number of hydrogen-bond donors (Lipinski definition) is 4. The SMILES string of the molecule is CNS(=O)(=O)c1ccc(CNCC(O)C(N)=O)o1. The lowest BCUT2D eigenvalue weighted by Gasteiger charge is -2.06. The minimum Gasteiger partial charge on any atom is -0.447 e. The van der Waals surface area contributed by atoms with Crippen LogP contribution in [0.4, 0.5) is 0 Å². The standard InChI is InChI=1S/C9H15N3O5S/c1-11-18(15,16)8-3-2-6(17-8)4-12-5-7(13)9(10)14/h2-3,7,11-13H,4-5H2,1H3,(H2,10,14). The minimum absolute atomic E-state index is 0.0376. The molecule has 8 nitrogen and oxygen atoms in total. The summed E-state index contributed by atoms with van der Waals surface area (Å²) in [5, 5.41) is 11.6. The van der Waals surface area contributed by atoms with Gasteiger partial charge < -0.3 is 20.6 Å². The fraction of sp³-hybridized carbons (Fsp3) is 0.444. The highest BCUT2D eigenvalue weighted by molar-refractivity contribution is 7.89. The number of nitrogens with two attached hydrogens (primary N) is 1. The van der Waals surface area contributed by atoms with Crippen molar-refractivity contribution >= 4 is 15.9 Å². The summed E-state index contributed by atoms with van der Waals surface area (Å²) in [6.45, 7) is 0.133. The molecule has 0 aliphatic heterocycles. The summed E-state index contributed by atoms with van der Waals surface area (Å²) in [4.78, 5) is 10.5. The predicted molar refractivity (Wildman–Crippen MR) is 61.9 cm³/mol. The molecule has 0 saturated heterocycles. The quantitative estimate of drug-likeness (QED) is 0.461. The highest BCUT2D eigenvalue weighted by atomic mass is 32.2. The van der Waals surface area contributed by atoms with E-state index in [1.165, 1.54) is 19.2 Å². The summed E-state index contributed by atoms with van der Waals surface area (Å²) in [6.07, 6.45) is -1.29. The normalized spacial score (nSPS) is 13.4. The van der Waals surface area contributed by atoms with Crippen LogP contribution in [0.2, 0.25) is 0 Å². The molecule has 0 aliphatic rings. The van der Waals surface area contributed by atoms with Crippen LogP contribution in [0.5, 0.6) is 0 Å². The van der Waals surface area contributed by atoms with Gasteiger partial charge in [0.15, 0.2) is 0 Å². The van der Waals surface area contributed by atoms with Crippen molar-refractivity contribution in [3.63, 3.8) is 0 Å². The third kappa shape index (κ3) is 3.81. The molecule has 0 bridgehead atoms. The number of furan rings is 1. The van der Waals surface area contributed by atoms with Gasteiger partial charge in [-0.2, -0.15) is 0 Å². The van der Waals surface area contributed by atoms with Gasteiger partial charge in [0, 0.05) is 6.54 Å². The highest BCUT2D eigenvalue weighted by Crippen LogP contribution is 2.12. The molecule has 1 amide bonds. The molecule has 0 spiro atoms. The van der Waals surface area contributed by atoms with Crippen LogP contribution >= 0.6 is 0 Å². The van der Waals surface area contributed by atoms with Crippen LogP contribution in [0.25, 0.3) is 0 Å². The summed E-state index contributed by atoms with van der Waals surface area (Å²) < 4.78 is 29.9. The Bertz CT molecular complexity index is 510. The number of rotatable bonds is 7. The van der Waals surface area contributed by atoms with E-state index >= 15 is 0 Å². The molecule has 1 unspecified atom stereocenters. The lowest BCUT2D eigenvalue weighted by molar-refractivity contribution is -0.125. The van der Waals surface area contributed by atoms with Crippen LogP contribution < -0.4 is 15.8 Å². The van der Waals surface area contributed by atoms with E-state index in [9.17, 15) is 13.2 Å². The zero-order chi connectivity index (χ0) is 13.8. The van der Waals surface area contributed by atoms with Gasteiger partial charge in [0.25, 0.3) is 10.0 Å². The molecule has 0 aliphatic carbocycles. The second-order valence-electron chi connectivity index (χ2n) is 3.48. The lowest BCUT2D eigenvalue weighted by atomic mass is 10.3. The second kappa shape index (κ2) is 5.96. The number of aliphatic hydroxyl groups is 1. The monoisotopic (exact) mass is 277 g/mol. The average molecular weight is 277 g/mol. The first-order valence-corrected chi connectivity index (χ1v) is 6.55. The van der Waals surface area contributed by atoms with E-state index in [1.54, 1.807) is 0 Å². The molecule has 1 aromatic heterocycles. The maximum absolute atomic E-state index is 11.4. The van der Waals surface area contributed by atoms with Crippen molar-refractivity contribution in [2.24, 2.45) is 5.73 Å². The number of nitrogens with one attached hydrogen (secondary N) is 2. The van der Waals surface area contributed by atoms with Crippen LogP contribution in [0.15, 0.2) is 21.6 Å². The Morgan fingerprint density at radius 2 is 2.22 bits per heavy atom. The van der Waals surface area contributed by atoms with Gasteiger partial charge in [-0.25, -0.2) is 13.1 Å². The smallest absolute Gasteiger partial charge is 0.273 e. The van der Waals surface area contributed by atoms with Gasteiger partial charge in [-0.15, -0.1) is 0 Å². The van der Waals surface area contributed by atoms with Crippen molar-refractivity contribution in [2.45, 2.75) is 17.7 Å². The van der Waals surface area contributed by atoms with Crippen LogP contribution in [0.1, 0.15) is 5.76 Å². The number of primary amides is 1. The number of amides is 1. The Kier molecular flexibility index (Phi) is 4.84. The van der Waals surface area contributed by atoms with Crippen LogP contribution in [-0.4, -0.2) is 39.1 Å². The van der Waals surface area contributed by atoms with Gasteiger partial charge in [-0.1, -0.05) is 0 Å². The number of aliphatic hydroxyl groups excluding tert-OH is 1. The fourth-order valence-electron chi connectivity index (χ4n) is 1.13. The van der Waals surface area contributed by atoms with Gasteiger partial charge in [0.05, 0.1) is 6.54 Å². The summed E-state index contributed by atoms with van der Waals surface area (Å²) in [5.74, 6) is -0.471. The fourth-order valence-corrected chi connectivity index (χ4v) is 1.80. The summed E-state index contributed by atoms with van der Waals surface area (Å²) >= 11 is 0. The summed E-state index contributed by atoms with van der Waals surface area (Å²) in [5.41, 5.74) is 4.85. The molecule has 1 atom stereocenters. The van der Waals surface area contributed by atoms with Crippen molar-refractivity contribution < 1.29 is 22.7 Å². The van der Waals surface area contributed by atoms with E-state index in [-0.39, 0.29) is 18.2 Å². The molecule has 1 aromatic rings. The predicted octanol–water partition coefficient (Wildman–Crippen LogP) is -1.88. The first-order valence-electron chi connectivity index (χ1n) is 5.07. The van der Waals surface area contributed by atoms with E-state index in [0.29, 0.717) is 5.76 Å². The summed E-state index contributed by atoms with van der Waals surface area (Å²) in [7, 11) is -2.32. The molecule has 0 aromatic carbocycles.